The number of hydrogen-bond acceptors (Lipinski definition) is 3. The van der Waals surface area contributed by atoms with Crippen LogP contribution in [-0.4, -0.2) is 51.6 Å². The average Bonchev–Trinajstić information content (AvgIpc) is 3.23. The summed E-state index contributed by atoms with van der Waals surface area (Å²) in [5, 5.41) is 3.51. The van der Waals surface area contributed by atoms with Crippen LogP contribution >= 0.6 is 0 Å². The summed E-state index contributed by atoms with van der Waals surface area (Å²) in [5.41, 5.74) is 1.26. The molecule has 28 heavy (non-hydrogen) atoms. The van der Waals surface area contributed by atoms with E-state index in [9.17, 15) is 0 Å². The first-order chi connectivity index (χ1) is 13.6. The van der Waals surface area contributed by atoms with Crippen molar-refractivity contribution in [3.63, 3.8) is 0 Å². The molecule has 3 atom stereocenters. The van der Waals surface area contributed by atoms with E-state index in [0.29, 0.717) is 23.8 Å². The van der Waals surface area contributed by atoms with Gasteiger partial charge in [-0.25, -0.2) is 4.98 Å². The number of imidazole rings is 1. The minimum absolute atomic E-state index is 0.371. The van der Waals surface area contributed by atoms with Crippen molar-refractivity contribution in [1.29, 1.82) is 0 Å². The molecule has 1 saturated heterocycles. The van der Waals surface area contributed by atoms with Crippen LogP contribution in [0.5, 0.6) is 0 Å². The van der Waals surface area contributed by atoms with Gasteiger partial charge in [0, 0.05) is 56.9 Å². The normalized spacial score (nSPS) is 21.8. The van der Waals surface area contributed by atoms with Crippen LogP contribution in [0.15, 0.2) is 48.2 Å². The summed E-state index contributed by atoms with van der Waals surface area (Å²) >= 11 is 0. The molecule has 0 amide bonds. The molecule has 0 radical (unpaired) electrons. The molecule has 1 fully saturated rings. The van der Waals surface area contributed by atoms with Gasteiger partial charge in [0.15, 0.2) is 5.96 Å². The second-order valence-electron chi connectivity index (χ2n) is 8.12. The number of aromatic nitrogens is 3. The van der Waals surface area contributed by atoms with Gasteiger partial charge in [-0.3, -0.25) is 9.98 Å². The van der Waals surface area contributed by atoms with Gasteiger partial charge in [0.25, 0.3) is 0 Å². The molecule has 2 aromatic rings. The highest BCUT2D eigenvalue weighted by Gasteiger charge is 2.29. The number of nitrogens with one attached hydrogen (secondary N) is 1. The van der Waals surface area contributed by atoms with E-state index < -0.39 is 0 Å². The SMILES string of the molecule is CCNC(=NCC(c1cccnc1)C(C)C)N1CCC(C)C(n2ccnc2)C1. The molecule has 1 N–H and O–H groups in total. The number of pyridine rings is 1. The van der Waals surface area contributed by atoms with Gasteiger partial charge in [-0.15, -0.1) is 0 Å². The third-order valence-corrected chi connectivity index (χ3v) is 5.82. The Morgan fingerprint density at radius 3 is 2.82 bits per heavy atom. The van der Waals surface area contributed by atoms with E-state index in [0.717, 1.165) is 38.6 Å². The monoisotopic (exact) mass is 382 g/mol. The lowest BCUT2D eigenvalue weighted by molar-refractivity contribution is 0.189. The predicted molar refractivity (Wildman–Crippen MR) is 114 cm³/mol. The lowest BCUT2D eigenvalue weighted by Gasteiger charge is -2.39. The maximum Gasteiger partial charge on any atom is 0.194 e. The van der Waals surface area contributed by atoms with E-state index in [1.807, 2.05) is 31.0 Å². The lowest BCUT2D eigenvalue weighted by Crippen LogP contribution is -2.49. The van der Waals surface area contributed by atoms with Crippen LogP contribution < -0.4 is 5.32 Å². The number of nitrogens with zero attached hydrogens (tertiary/aromatic N) is 5. The molecule has 3 heterocycles. The summed E-state index contributed by atoms with van der Waals surface area (Å²) in [4.78, 5) is 16.0. The summed E-state index contributed by atoms with van der Waals surface area (Å²) < 4.78 is 2.24. The fourth-order valence-electron chi connectivity index (χ4n) is 4.00. The van der Waals surface area contributed by atoms with Gasteiger partial charge in [0.1, 0.15) is 0 Å². The van der Waals surface area contributed by atoms with Gasteiger partial charge in [-0.1, -0.05) is 26.8 Å². The Morgan fingerprint density at radius 1 is 1.32 bits per heavy atom. The Balaban J connectivity index is 1.76. The Labute approximate surface area is 169 Å². The van der Waals surface area contributed by atoms with Crippen molar-refractivity contribution in [2.45, 2.75) is 46.1 Å². The zero-order valence-corrected chi connectivity index (χ0v) is 17.6. The molecule has 0 saturated carbocycles. The number of likely N-dealkylation sites (tertiary alicyclic amines) is 1. The Hall–Kier alpha value is -2.37. The van der Waals surface area contributed by atoms with E-state index in [1.165, 1.54) is 5.56 Å². The molecule has 1 aliphatic rings. The molecule has 2 aromatic heterocycles. The molecule has 152 valence electrons. The largest absolute Gasteiger partial charge is 0.357 e. The summed E-state index contributed by atoms with van der Waals surface area (Å²) in [6, 6.07) is 4.61. The van der Waals surface area contributed by atoms with Crippen LogP contribution in [0.1, 0.15) is 51.6 Å². The van der Waals surface area contributed by atoms with Gasteiger partial charge in [-0.2, -0.15) is 0 Å². The molecule has 3 unspecified atom stereocenters. The Bertz CT molecular complexity index is 725. The predicted octanol–water partition coefficient (Wildman–Crippen LogP) is 3.57. The summed E-state index contributed by atoms with van der Waals surface area (Å²) in [5.74, 6) is 2.53. The van der Waals surface area contributed by atoms with E-state index in [4.69, 9.17) is 4.99 Å². The van der Waals surface area contributed by atoms with Crippen LogP contribution in [0.25, 0.3) is 0 Å². The van der Waals surface area contributed by atoms with E-state index in [1.54, 1.807) is 0 Å². The molecule has 0 aromatic carbocycles. The van der Waals surface area contributed by atoms with Crippen molar-refractivity contribution in [2.24, 2.45) is 16.8 Å². The highest BCUT2D eigenvalue weighted by molar-refractivity contribution is 5.80. The smallest absolute Gasteiger partial charge is 0.194 e. The molecule has 0 bridgehead atoms. The minimum atomic E-state index is 0.371. The molecule has 1 aliphatic heterocycles. The molecule has 6 heteroatoms. The zero-order chi connectivity index (χ0) is 19.9. The summed E-state index contributed by atoms with van der Waals surface area (Å²) in [6.07, 6.45) is 10.8. The van der Waals surface area contributed by atoms with Crippen LogP contribution in [0, 0.1) is 11.8 Å². The van der Waals surface area contributed by atoms with Gasteiger partial charge >= 0.3 is 0 Å². The van der Waals surface area contributed by atoms with Gasteiger partial charge in [0.05, 0.1) is 12.4 Å². The quantitative estimate of drug-likeness (QED) is 0.613. The van der Waals surface area contributed by atoms with Gasteiger partial charge < -0.3 is 14.8 Å². The highest BCUT2D eigenvalue weighted by atomic mass is 15.3. The molecular weight excluding hydrogens is 348 g/mol. The van der Waals surface area contributed by atoms with Crippen LogP contribution in [0.3, 0.4) is 0 Å². The third-order valence-electron chi connectivity index (χ3n) is 5.82. The van der Waals surface area contributed by atoms with Crippen LogP contribution in [-0.2, 0) is 0 Å². The first kappa shape index (κ1) is 20.4. The van der Waals surface area contributed by atoms with Gasteiger partial charge in [-0.05, 0) is 36.8 Å². The molecule has 0 spiro atoms. The van der Waals surface area contributed by atoms with Crippen molar-refractivity contribution < 1.29 is 0 Å². The molecule has 0 aliphatic carbocycles. The van der Waals surface area contributed by atoms with E-state index >= 15 is 0 Å². The molecular formula is C22H34N6. The van der Waals surface area contributed by atoms with Crippen LogP contribution in [0.4, 0.5) is 0 Å². The fourth-order valence-corrected chi connectivity index (χ4v) is 4.00. The molecule has 3 rings (SSSR count). The number of hydrogen-bond donors (Lipinski definition) is 1. The maximum atomic E-state index is 5.05. The topological polar surface area (TPSA) is 58.3 Å². The lowest BCUT2D eigenvalue weighted by atomic mass is 9.89. The molecule has 6 nitrogen and oxygen atoms in total. The number of guanidine groups is 1. The van der Waals surface area contributed by atoms with Crippen molar-refractivity contribution >= 4 is 5.96 Å². The average molecular weight is 383 g/mol. The standard InChI is InChI=1S/C22H34N6/c1-5-25-22(26-14-20(17(2)3)19-7-6-9-23-13-19)27-11-8-18(4)21(15-27)28-12-10-24-16-28/h6-7,9-10,12-13,16-18,20-21H,5,8,11,14-15H2,1-4H3,(H,25,26). The maximum absolute atomic E-state index is 5.05. The van der Waals surface area contributed by atoms with Crippen molar-refractivity contribution in [3.8, 4) is 0 Å². The minimum Gasteiger partial charge on any atom is -0.357 e. The Kier molecular flexibility index (Phi) is 7.06. The number of aliphatic imine (C=N–C) groups is 1. The second kappa shape index (κ2) is 9.71. The van der Waals surface area contributed by atoms with Crippen molar-refractivity contribution in [2.75, 3.05) is 26.2 Å². The highest BCUT2D eigenvalue weighted by Crippen LogP contribution is 2.28. The van der Waals surface area contributed by atoms with E-state index in [-0.39, 0.29) is 0 Å². The Morgan fingerprint density at radius 2 is 2.18 bits per heavy atom. The summed E-state index contributed by atoms with van der Waals surface area (Å²) in [7, 11) is 0. The third kappa shape index (κ3) is 4.91. The zero-order valence-electron chi connectivity index (χ0n) is 17.6. The van der Waals surface area contributed by atoms with Crippen molar-refractivity contribution in [1.82, 2.24) is 24.8 Å². The fraction of sp³-hybridized carbons (Fsp3) is 0.591. The second-order valence-corrected chi connectivity index (χ2v) is 8.12. The first-order valence-corrected chi connectivity index (χ1v) is 10.5. The van der Waals surface area contributed by atoms with Gasteiger partial charge in [0.2, 0.25) is 0 Å². The summed E-state index contributed by atoms with van der Waals surface area (Å²) in [6.45, 7) is 12.6. The van der Waals surface area contributed by atoms with E-state index in [2.05, 4.69) is 64.7 Å². The van der Waals surface area contributed by atoms with Crippen molar-refractivity contribution in [3.05, 3.63) is 48.8 Å². The van der Waals surface area contributed by atoms with Crippen LogP contribution in [0.2, 0.25) is 0 Å². The number of piperidine rings is 1. The first-order valence-electron chi connectivity index (χ1n) is 10.5. The number of rotatable bonds is 6.